The number of para-hydroxylation sites is 1. The van der Waals surface area contributed by atoms with E-state index in [0.717, 1.165) is 35.4 Å². The van der Waals surface area contributed by atoms with Crippen LogP contribution in [-0.2, 0) is 4.74 Å². The molecule has 1 aliphatic heterocycles. The highest BCUT2D eigenvalue weighted by atomic mass is 16.5. The molecule has 4 heteroatoms. The lowest BCUT2D eigenvalue weighted by atomic mass is 9.88. The smallest absolute Gasteiger partial charge is 0.253 e. The van der Waals surface area contributed by atoms with Crippen LogP contribution >= 0.6 is 0 Å². The van der Waals surface area contributed by atoms with Gasteiger partial charge in [0, 0.05) is 28.6 Å². The Morgan fingerprint density at radius 2 is 2.16 bits per heavy atom. The maximum atomic E-state index is 12.4. The lowest BCUT2D eigenvalue weighted by Crippen LogP contribution is -2.48. The average Bonchev–Trinajstić information content (AvgIpc) is 2.69. The quantitative estimate of drug-likeness (QED) is 0.887. The SMILES string of the molecule is Cc1[nH]c2ccccc2c1C(=O)NCC1(C)COC1. The van der Waals surface area contributed by atoms with Gasteiger partial charge in [-0.2, -0.15) is 0 Å². The van der Waals surface area contributed by atoms with Gasteiger partial charge in [0.25, 0.3) is 5.91 Å². The number of benzene rings is 1. The van der Waals surface area contributed by atoms with Gasteiger partial charge in [-0.3, -0.25) is 4.79 Å². The number of amides is 1. The summed E-state index contributed by atoms with van der Waals surface area (Å²) in [7, 11) is 0. The highest BCUT2D eigenvalue weighted by Gasteiger charge is 2.33. The average molecular weight is 258 g/mol. The summed E-state index contributed by atoms with van der Waals surface area (Å²) in [5.74, 6) is -0.0110. The summed E-state index contributed by atoms with van der Waals surface area (Å²) in [5.41, 5.74) is 2.76. The number of H-pyrrole nitrogens is 1. The molecule has 4 nitrogen and oxygen atoms in total. The molecular formula is C15H18N2O2. The number of hydrogen-bond acceptors (Lipinski definition) is 2. The molecule has 2 aromatic rings. The Hall–Kier alpha value is -1.81. The molecule has 0 spiro atoms. The fourth-order valence-electron chi connectivity index (χ4n) is 2.50. The molecule has 19 heavy (non-hydrogen) atoms. The van der Waals surface area contributed by atoms with Crippen molar-refractivity contribution in [3.05, 3.63) is 35.5 Å². The molecule has 0 radical (unpaired) electrons. The number of carbonyl (C=O) groups is 1. The van der Waals surface area contributed by atoms with Gasteiger partial charge >= 0.3 is 0 Å². The number of fused-ring (bicyclic) bond motifs is 1. The van der Waals surface area contributed by atoms with Crippen LogP contribution in [0, 0.1) is 12.3 Å². The largest absolute Gasteiger partial charge is 0.380 e. The zero-order valence-electron chi connectivity index (χ0n) is 11.2. The van der Waals surface area contributed by atoms with Gasteiger partial charge in [-0.05, 0) is 13.0 Å². The first-order valence-electron chi connectivity index (χ1n) is 6.52. The van der Waals surface area contributed by atoms with Crippen LogP contribution in [0.25, 0.3) is 10.9 Å². The maximum Gasteiger partial charge on any atom is 0.253 e. The lowest BCUT2D eigenvalue weighted by Gasteiger charge is -2.38. The number of ether oxygens (including phenoxy) is 1. The monoisotopic (exact) mass is 258 g/mol. The van der Waals surface area contributed by atoms with Crippen molar-refractivity contribution < 1.29 is 9.53 Å². The van der Waals surface area contributed by atoms with Crippen LogP contribution in [0.2, 0.25) is 0 Å². The van der Waals surface area contributed by atoms with E-state index in [-0.39, 0.29) is 11.3 Å². The summed E-state index contributed by atoms with van der Waals surface area (Å²) in [5, 5.41) is 4.00. The third kappa shape index (κ3) is 2.12. The van der Waals surface area contributed by atoms with E-state index >= 15 is 0 Å². The molecule has 2 N–H and O–H groups in total. The normalized spacial score (nSPS) is 17.2. The fraction of sp³-hybridized carbons (Fsp3) is 0.400. The molecule has 0 atom stereocenters. The van der Waals surface area contributed by atoms with Gasteiger partial charge in [-0.15, -0.1) is 0 Å². The van der Waals surface area contributed by atoms with Crippen molar-refractivity contribution in [3.8, 4) is 0 Å². The predicted octanol–water partition coefficient (Wildman–Crippen LogP) is 2.24. The number of aromatic amines is 1. The minimum Gasteiger partial charge on any atom is -0.380 e. The first-order chi connectivity index (χ1) is 9.09. The van der Waals surface area contributed by atoms with Crippen molar-refractivity contribution in [3.63, 3.8) is 0 Å². The predicted molar refractivity (Wildman–Crippen MR) is 74.3 cm³/mol. The van der Waals surface area contributed by atoms with Crippen LogP contribution in [0.5, 0.6) is 0 Å². The molecule has 100 valence electrons. The van der Waals surface area contributed by atoms with Crippen LogP contribution in [0.4, 0.5) is 0 Å². The molecule has 1 amide bonds. The van der Waals surface area contributed by atoms with Crippen molar-refractivity contribution in [2.24, 2.45) is 5.41 Å². The second kappa shape index (κ2) is 4.38. The number of nitrogens with one attached hydrogen (secondary N) is 2. The minimum absolute atomic E-state index is 0.0110. The standard InChI is InChI=1S/C15H18N2O2/c1-10-13(11-5-3-4-6-12(11)17-10)14(18)16-7-15(2)8-19-9-15/h3-6,17H,7-9H2,1-2H3,(H,16,18). The first kappa shape index (κ1) is 12.2. The third-order valence-electron chi connectivity index (χ3n) is 3.70. The Kier molecular flexibility index (Phi) is 2.82. The molecule has 1 aromatic carbocycles. The van der Waals surface area contributed by atoms with E-state index in [1.54, 1.807) is 0 Å². The second-order valence-corrected chi connectivity index (χ2v) is 5.66. The summed E-state index contributed by atoms with van der Waals surface area (Å²) in [6, 6.07) is 7.88. The maximum absolute atomic E-state index is 12.4. The lowest BCUT2D eigenvalue weighted by molar-refractivity contribution is -0.0978. The van der Waals surface area contributed by atoms with Crippen LogP contribution < -0.4 is 5.32 Å². The van der Waals surface area contributed by atoms with Gasteiger partial charge in [-0.1, -0.05) is 25.1 Å². The number of hydrogen-bond donors (Lipinski definition) is 2. The summed E-state index contributed by atoms with van der Waals surface area (Å²) in [6.07, 6.45) is 0. The summed E-state index contributed by atoms with van der Waals surface area (Å²) in [6.45, 7) is 6.16. The minimum atomic E-state index is -0.0110. The van der Waals surface area contributed by atoms with Crippen molar-refractivity contribution in [1.29, 1.82) is 0 Å². The van der Waals surface area contributed by atoms with Gasteiger partial charge in [0.05, 0.1) is 18.8 Å². The summed E-state index contributed by atoms with van der Waals surface area (Å²) >= 11 is 0. The number of aryl methyl sites for hydroxylation is 1. The third-order valence-corrected chi connectivity index (χ3v) is 3.70. The van der Waals surface area contributed by atoms with Crippen LogP contribution in [0.1, 0.15) is 23.0 Å². The Bertz CT molecular complexity index is 626. The Labute approximate surface area is 112 Å². The van der Waals surface area contributed by atoms with E-state index in [4.69, 9.17) is 4.74 Å². The first-order valence-corrected chi connectivity index (χ1v) is 6.52. The van der Waals surface area contributed by atoms with Gasteiger partial charge < -0.3 is 15.0 Å². The zero-order valence-corrected chi connectivity index (χ0v) is 11.2. The second-order valence-electron chi connectivity index (χ2n) is 5.66. The molecular weight excluding hydrogens is 240 g/mol. The van der Waals surface area contributed by atoms with Crippen LogP contribution in [-0.4, -0.2) is 30.6 Å². The molecule has 0 saturated carbocycles. The van der Waals surface area contributed by atoms with E-state index in [9.17, 15) is 4.79 Å². The highest BCUT2D eigenvalue weighted by molar-refractivity contribution is 6.08. The molecule has 3 rings (SSSR count). The van der Waals surface area contributed by atoms with Gasteiger partial charge in [0.1, 0.15) is 0 Å². The van der Waals surface area contributed by atoms with E-state index in [1.165, 1.54) is 0 Å². The van der Waals surface area contributed by atoms with E-state index < -0.39 is 0 Å². The summed E-state index contributed by atoms with van der Waals surface area (Å²) < 4.78 is 5.20. The van der Waals surface area contributed by atoms with Crippen LogP contribution in [0.15, 0.2) is 24.3 Å². The van der Waals surface area contributed by atoms with E-state index in [2.05, 4.69) is 17.2 Å². The molecule has 1 fully saturated rings. The summed E-state index contributed by atoms with van der Waals surface area (Å²) in [4.78, 5) is 15.6. The molecule has 0 unspecified atom stereocenters. The molecule has 2 heterocycles. The molecule has 0 aliphatic carbocycles. The van der Waals surface area contributed by atoms with Crippen molar-refractivity contribution >= 4 is 16.8 Å². The highest BCUT2D eigenvalue weighted by Crippen LogP contribution is 2.26. The Balaban J connectivity index is 1.83. The number of rotatable bonds is 3. The van der Waals surface area contributed by atoms with Crippen molar-refractivity contribution in [2.45, 2.75) is 13.8 Å². The molecule has 0 bridgehead atoms. The fourth-order valence-corrected chi connectivity index (χ4v) is 2.50. The van der Waals surface area contributed by atoms with Crippen molar-refractivity contribution in [2.75, 3.05) is 19.8 Å². The molecule has 1 saturated heterocycles. The molecule has 1 aliphatic rings. The number of carbonyl (C=O) groups excluding carboxylic acids is 1. The Morgan fingerprint density at radius 3 is 2.84 bits per heavy atom. The van der Waals surface area contributed by atoms with Gasteiger partial charge in [-0.25, -0.2) is 0 Å². The number of aromatic nitrogens is 1. The van der Waals surface area contributed by atoms with Gasteiger partial charge in [0.2, 0.25) is 0 Å². The molecule has 1 aromatic heterocycles. The van der Waals surface area contributed by atoms with E-state index in [0.29, 0.717) is 6.54 Å². The van der Waals surface area contributed by atoms with Crippen molar-refractivity contribution in [1.82, 2.24) is 10.3 Å². The Morgan fingerprint density at radius 1 is 1.42 bits per heavy atom. The van der Waals surface area contributed by atoms with Crippen LogP contribution in [0.3, 0.4) is 0 Å². The zero-order chi connectivity index (χ0) is 13.5. The van der Waals surface area contributed by atoms with E-state index in [1.807, 2.05) is 31.2 Å². The van der Waals surface area contributed by atoms with Gasteiger partial charge in [0.15, 0.2) is 0 Å². The topological polar surface area (TPSA) is 54.1 Å².